The van der Waals surface area contributed by atoms with Gasteiger partial charge in [-0.3, -0.25) is 4.99 Å². The van der Waals surface area contributed by atoms with Gasteiger partial charge < -0.3 is 10.3 Å². The highest BCUT2D eigenvalue weighted by molar-refractivity contribution is 5.93. The Morgan fingerprint density at radius 2 is 2.60 bits per heavy atom. The van der Waals surface area contributed by atoms with Gasteiger partial charge in [0.25, 0.3) is 0 Å². The van der Waals surface area contributed by atoms with Gasteiger partial charge >= 0.3 is 0 Å². The molecule has 0 unspecified atom stereocenters. The van der Waals surface area contributed by atoms with Gasteiger partial charge in [-0.05, 0) is 6.42 Å². The maximum absolute atomic E-state index is 6.90. The molecule has 0 aromatic heterocycles. The molecular weight excluding hydrogens is 126 g/mol. The van der Waals surface area contributed by atoms with E-state index in [9.17, 15) is 0 Å². The minimum Gasteiger partial charge on any atom is -0.363 e. The van der Waals surface area contributed by atoms with Crippen LogP contribution in [0.1, 0.15) is 12.8 Å². The highest BCUT2D eigenvalue weighted by Crippen LogP contribution is 2.01. The first-order valence-corrected chi connectivity index (χ1v) is 3.58. The van der Waals surface area contributed by atoms with Crippen molar-refractivity contribution in [1.82, 2.24) is 4.90 Å². The lowest BCUT2D eigenvalue weighted by Gasteiger charge is -2.23. The van der Waals surface area contributed by atoms with E-state index in [-0.39, 0.29) is 0 Å². The SMILES string of the molecule is CN1CCCN=C1CC=N. The summed E-state index contributed by atoms with van der Waals surface area (Å²) in [5.41, 5.74) is 0. The van der Waals surface area contributed by atoms with Crippen LogP contribution in [0.25, 0.3) is 0 Å². The van der Waals surface area contributed by atoms with Gasteiger partial charge in [0, 0.05) is 32.8 Å². The van der Waals surface area contributed by atoms with Crippen LogP contribution < -0.4 is 0 Å². The smallest absolute Gasteiger partial charge is 0.104 e. The second-order valence-corrected chi connectivity index (χ2v) is 2.48. The van der Waals surface area contributed by atoms with Crippen molar-refractivity contribution in [3.63, 3.8) is 0 Å². The second-order valence-electron chi connectivity index (χ2n) is 2.48. The molecule has 0 spiro atoms. The summed E-state index contributed by atoms with van der Waals surface area (Å²) >= 11 is 0. The molecule has 0 saturated heterocycles. The number of rotatable bonds is 2. The molecule has 0 aromatic rings. The molecule has 1 rings (SSSR count). The van der Waals surface area contributed by atoms with E-state index in [1.165, 1.54) is 6.21 Å². The Bertz CT molecular complexity index is 151. The number of nitrogens with one attached hydrogen (secondary N) is 1. The van der Waals surface area contributed by atoms with Crippen LogP contribution in [0.4, 0.5) is 0 Å². The standard InChI is InChI=1S/C7H13N3/c1-10-6-2-5-9-7(10)3-4-8/h4,8H,2-3,5-6H2,1H3. The summed E-state index contributed by atoms with van der Waals surface area (Å²) in [6.07, 6.45) is 3.25. The molecule has 1 heterocycles. The molecule has 0 atom stereocenters. The van der Waals surface area contributed by atoms with Crippen molar-refractivity contribution in [1.29, 1.82) is 5.41 Å². The summed E-state index contributed by atoms with van der Waals surface area (Å²) in [5, 5.41) is 6.90. The number of hydrogen-bond acceptors (Lipinski definition) is 3. The minimum atomic E-state index is 0.691. The Morgan fingerprint density at radius 3 is 3.20 bits per heavy atom. The van der Waals surface area contributed by atoms with Crippen molar-refractivity contribution in [2.45, 2.75) is 12.8 Å². The summed E-state index contributed by atoms with van der Waals surface area (Å²) < 4.78 is 0. The fraction of sp³-hybridized carbons (Fsp3) is 0.714. The van der Waals surface area contributed by atoms with E-state index in [0.717, 1.165) is 25.3 Å². The zero-order valence-electron chi connectivity index (χ0n) is 6.30. The minimum absolute atomic E-state index is 0.691. The van der Waals surface area contributed by atoms with Gasteiger partial charge in [0.2, 0.25) is 0 Å². The lowest BCUT2D eigenvalue weighted by molar-refractivity contribution is 0.462. The number of nitrogens with zero attached hydrogens (tertiary/aromatic N) is 2. The largest absolute Gasteiger partial charge is 0.363 e. The van der Waals surface area contributed by atoms with E-state index < -0.39 is 0 Å². The van der Waals surface area contributed by atoms with E-state index in [1.807, 2.05) is 7.05 Å². The monoisotopic (exact) mass is 139 g/mol. The van der Waals surface area contributed by atoms with Crippen molar-refractivity contribution >= 4 is 12.1 Å². The molecule has 3 nitrogen and oxygen atoms in total. The van der Waals surface area contributed by atoms with Crippen LogP contribution in [0, 0.1) is 5.41 Å². The third-order valence-corrected chi connectivity index (χ3v) is 1.67. The van der Waals surface area contributed by atoms with Crippen LogP contribution in [0.15, 0.2) is 4.99 Å². The van der Waals surface area contributed by atoms with Crippen molar-refractivity contribution in [3.8, 4) is 0 Å². The molecule has 10 heavy (non-hydrogen) atoms. The van der Waals surface area contributed by atoms with Crippen molar-refractivity contribution in [3.05, 3.63) is 0 Å². The fourth-order valence-electron chi connectivity index (χ4n) is 1.08. The molecular formula is C7H13N3. The summed E-state index contributed by atoms with van der Waals surface area (Å²) in [6.45, 7) is 2.03. The van der Waals surface area contributed by atoms with E-state index in [0.29, 0.717) is 6.42 Å². The summed E-state index contributed by atoms with van der Waals surface area (Å²) in [7, 11) is 2.03. The van der Waals surface area contributed by atoms with E-state index in [4.69, 9.17) is 5.41 Å². The van der Waals surface area contributed by atoms with Crippen LogP contribution in [0.2, 0.25) is 0 Å². The van der Waals surface area contributed by atoms with E-state index in [2.05, 4.69) is 9.89 Å². The topological polar surface area (TPSA) is 39.5 Å². The molecule has 1 aliphatic rings. The van der Waals surface area contributed by atoms with E-state index in [1.54, 1.807) is 0 Å². The molecule has 56 valence electrons. The first-order chi connectivity index (χ1) is 4.84. The third-order valence-electron chi connectivity index (χ3n) is 1.67. The van der Waals surface area contributed by atoms with Crippen LogP contribution in [-0.4, -0.2) is 37.1 Å². The summed E-state index contributed by atoms with van der Waals surface area (Å²) in [5.74, 6) is 1.06. The first kappa shape index (κ1) is 7.25. The zero-order chi connectivity index (χ0) is 7.40. The Kier molecular flexibility index (Phi) is 2.42. The van der Waals surface area contributed by atoms with Gasteiger partial charge in [0.15, 0.2) is 0 Å². The van der Waals surface area contributed by atoms with Gasteiger partial charge in [-0.25, -0.2) is 0 Å². The molecule has 1 N–H and O–H groups in total. The molecule has 0 aromatic carbocycles. The summed E-state index contributed by atoms with van der Waals surface area (Å²) in [6, 6.07) is 0. The van der Waals surface area contributed by atoms with Crippen molar-refractivity contribution < 1.29 is 0 Å². The Balaban J connectivity index is 2.52. The van der Waals surface area contributed by atoms with Crippen LogP contribution in [0.5, 0.6) is 0 Å². The van der Waals surface area contributed by atoms with Gasteiger partial charge in [0.1, 0.15) is 5.84 Å². The molecule has 3 heteroatoms. The number of hydrogen-bond donors (Lipinski definition) is 1. The van der Waals surface area contributed by atoms with Gasteiger partial charge in [0.05, 0.1) is 0 Å². The Labute approximate surface area is 61.3 Å². The highest BCUT2D eigenvalue weighted by atomic mass is 15.2. The maximum atomic E-state index is 6.90. The number of amidine groups is 1. The van der Waals surface area contributed by atoms with E-state index >= 15 is 0 Å². The van der Waals surface area contributed by atoms with Crippen LogP contribution in [0.3, 0.4) is 0 Å². The van der Waals surface area contributed by atoms with Gasteiger partial charge in [-0.15, -0.1) is 0 Å². The maximum Gasteiger partial charge on any atom is 0.104 e. The Hall–Kier alpha value is -0.860. The molecule has 0 amide bonds. The second kappa shape index (κ2) is 3.34. The van der Waals surface area contributed by atoms with Gasteiger partial charge in [-0.1, -0.05) is 0 Å². The average Bonchev–Trinajstić information content (AvgIpc) is 1.94. The molecule has 0 aliphatic carbocycles. The Morgan fingerprint density at radius 1 is 1.80 bits per heavy atom. The predicted molar refractivity (Wildman–Crippen MR) is 42.9 cm³/mol. The van der Waals surface area contributed by atoms with Crippen LogP contribution in [-0.2, 0) is 0 Å². The molecule has 1 aliphatic heterocycles. The zero-order valence-corrected chi connectivity index (χ0v) is 6.30. The average molecular weight is 139 g/mol. The quantitative estimate of drug-likeness (QED) is 0.564. The van der Waals surface area contributed by atoms with Gasteiger partial charge in [-0.2, -0.15) is 0 Å². The van der Waals surface area contributed by atoms with Crippen molar-refractivity contribution in [2.75, 3.05) is 20.1 Å². The molecule has 0 fully saturated rings. The fourth-order valence-corrected chi connectivity index (χ4v) is 1.08. The number of aliphatic imine (C=N–C) groups is 1. The van der Waals surface area contributed by atoms with Crippen LogP contribution >= 0.6 is 0 Å². The lowest BCUT2D eigenvalue weighted by Crippen LogP contribution is -2.32. The summed E-state index contributed by atoms with van der Waals surface area (Å²) in [4.78, 5) is 6.41. The highest BCUT2D eigenvalue weighted by Gasteiger charge is 2.07. The normalized spacial score (nSPS) is 18.5. The molecule has 0 radical (unpaired) electrons. The molecule has 0 saturated carbocycles. The third kappa shape index (κ3) is 1.56. The predicted octanol–water partition coefficient (Wildman–Crippen LogP) is 0.760. The van der Waals surface area contributed by atoms with Crippen molar-refractivity contribution in [2.24, 2.45) is 4.99 Å². The lowest BCUT2D eigenvalue weighted by atomic mass is 10.3. The first-order valence-electron chi connectivity index (χ1n) is 3.58. The molecule has 0 bridgehead atoms.